The van der Waals surface area contributed by atoms with Gasteiger partial charge in [0.05, 0.1) is 18.1 Å². The van der Waals surface area contributed by atoms with Gasteiger partial charge in [-0.05, 0) is 45.2 Å². The zero-order chi connectivity index (χ0) is 21.4. The number of halogens is 3. The molecule has 3 aliphatic rings. The summed E-state index contributed by atoms with van der Waals surface area (Å²) >= 11 is 12.1. The molecule has 2 aromatic heterocycles. The normalized spacial score (nSPS) is 25.1. The van der Waals surface area contributed by atoms with Crippen LogP contribution in [0.1, 0.15) is 33.6 Å². The Hall–Kier alpha value is -2.13. The van der Waals surface area contributed by atoms with Crippen LogP contribution >= 0.6 is 23.2 Å². The van der Waals surface area contributed by atoms with Crippen molar-refractivity contribution in [2.75, 3.05) is 18.1 Å². The van der Waals surface area contributed by atoms with Crippen LogP contribution in [0.25, 0.3) is 10.9 Å². The van der Waals surface area contributed by atoms with Gasteiger partial charge < -0.3 is 14.4 Å². The summed E-state index contributed by atoms with van der Waals surface area (Å²) in [6.45, 7) is 6.26. The third-order valence-electron chi connectivity index (χ3n) is 5.73. The highest BCUT2D eigenvalue weighted by molar-refractivity contribution is 6.31. The zero-order valence-corrected chi connectivity index (χ0v) is 18.2. The molecule has 2 fully saturated rings. The first kappa shape index (κ1) is 19.8. The Morgan fingerprint density at radius 3 is 2.70 bits per heavy atom. The van der Waals surface area contributed by atoms with Crippen LogP contribution in [0.2, 0.25) is 10.4 Å². The molecule has 5 rings (SSSR count). The van der Waals surface area contributed by atoms with Gasteiger partial charge in [0.2, 0.25) is 11.2 Å². The third-order valence-corrected chi connectivity index (χ3v) is 6.15. The molecular formula is C19H20Cl2FN5O3. The number of pyridine rings is 1. The first-order valence-corrected chi connectivity index (χ1v) is 10.5. The number of carbonyl (C=O) groups is 1. The molecule has 3 atom stereocenters. The second-order valence-electron chi connectivity index (χ2n) is 8.78. The maximum Gasteiger partial charge on any atom is 0.410 e. The van der Waals surface area contributed by atoms with Gasteiger partial charge in [0.25, 0.3) is 0 Å². The summed E-state index contributed by atoms with van der Waals surface area (Å²) in [5.41, 5.74) is -0.614. The fourth-order valence-electron chi connectivity index (χ4n) is 4.63. The lowest BCUT2D eigenvalue weighted by atomic mass is 10.0. The fraction of sp³-hybridized carbons (Fsp3) is 0.579. The molecule has 1 amide bonds. The molecule has 8 nitrogen and oxygen atoms in total. The zero-order valence-electron chi connectivity index (χ0n) is 16.7. The van der Waals surface area contributed by atoms with E-state index in [4.69, 9.17) is 32.7 Å². The number of hydrogen-bond acceptors (Lipinski definition) is 7. The molecule has 3 aliphatic heterocycles. The number of anilines is 1. The second kappa shape index (κ2) is 6.68. The monoisotopic (exact) mass is 455 g/mol. The number of amides is 1. The van der Waals surface area contributed by atoms with Crippen molar-refractivity contribution in [3.05, 3.63) is 16.3 Å². The lowest BCUT2D eigenvalue weighted by Gasteiger charge is -2.46. The Bertz CT molecular complexity index is 1060. The summed E-state index contributed by atoms with van der Waals surface area (Å²) in [7, 11) is 0. The number of piperazine rings is 1. The summed E-state index contributed by atoms with van der Waals surface area (Å²) in [5, 5.41) is -0.0869. The predicted octanol–water partition coefficient (Wildman–Crippen LogP) is 3.82. The van der Waals surface area contributed by atoms with Crippen molar-refractivity contribution < 1.29 is 18.7 Å². The van der Waals surface area contributed by atoms with Gasteiger partial charge >= 0.3 is 6.09 Å². The molecule has 160 valence electrons. The molecule has 5 heterocycles. The molecule has 2 saturated heterocycles. The number of hydrogen-bond donors (Lipinski definition) is 0. The first-order valence-electron chi connectivity index (χ1n) is 9.77. The van der Waals surface area contributed by atoms with Gasteiger partial charge in [0.15, 0.2) is 11.0 Å². The first-order chi connectivity index (χ1) is 14.1. The summed E-state index contributed by atoms with van der Waals surface area (Å²) in [6, 6.07) is -0.421. The van der Waals surface area contributed by atoms with Gasteiger partial charge in [0.1, 0.15) is 28.9 Å². The number of ether oxygens (including phenoxy) is 2. The van der Waals surface area contributed by atoms with Gasteiger partial charge in [0, 0.05) is 6.54 Å². The molecule has 0 aliphatic carbocycles. The Balaban J connectivity index is 1.59. The molecule has 0 spiro atoms. The molecule has 2 bridgehead atoms. The van der Waals surface area contributed by atoms with Crippen LogP contribution in [0.15, 0.2) is 0 Å². The van der Waals surface area contributed by atoms with E-state index < -0.39 is 11.4 Å². The molecule has 0 radical (unpaired) electrons. The van der Waals surface area contributed by atoms with E-state index >= 15 is 0 Å². The van der Waals surface area contributed by atoms with Crippen LogP contribution in [0.3, 0.4) is 0 Å². The van der Waals surface area contributed by atoms with Crippen LogP contribution < -0.4 is 9.64 Å². The maximum absolute atomic E-state index is 14.7. The minimum atomic E-state index is -0.765. The highest BCUT2D eigenvalue weighted by Crippen LogP contribution is 2.44. The van der Waals surface area contributed by atoms with E-state index in [0.717, 1.165) is 12.8 Å². The third kappa shape index (κ3) is 3.01. The molecule has 0 N–H and O–H groups in total. The number of aromatic nitrogens is 3. The summed E-state index contributed by atoms with van der Waals surface area (Å²) < 4.78 is 26.2. The smallest absolute Gasteiger partial charge is 0.410 e. The van der Waals surface area contributed by atoms with Crippen molar-refractivity contribution in [2.24, 2.45) is 0 Å². The number of rotatable bonds is 0. The topological polar surface area (TPSA) is 80.7 Å². The maximum atomic E-state index is 14.7. The van der Waals surface area contributed by atoms with Crippen molar-refractivity contribution in [1.29, 1.82) is 0 Å². The highest BCUT2D eigenvalue weighted by atomic mass is 35.5. The Kier molecular flexibility index (Phi) is 4.41. The van der Waals surface area contributed by atoms with E-state index in [1.54, 1.807) is 0 Å². The number of carbonyl (C=O) groups excluding carboxylic acids is 1. The summed E-state index contributed by atoms with van der Waals surface area (Å²) in [6.07, 6.45) is 1.29. The number of fused-ring (bicyclic) bond motifs is 5. The molecule has 2 aromatic rings. The molecule has 11 heteroatoms. The fourth-order valence-corrected chi connectivity index (χ4v) is 4.96. The SMILES string of the molecule is CC(C)(C)OC(=O)N1[C@H]2CC[C@@H]1[C@@H]1COc3nc(Cl)c(F)c4nc(Cl)nc(c34)N1C2. The molecule has 30 heavy (non-hydrogen) atoms. The number of nitrogens with zero attached hydrogens (tertiary/aromatic N) is 5. The van der Waals surface area contributed by atoms with E-state index in [9.17, 15) is 9.18 Å². The minimum Gasteiger partial charge on any atom is -0.475 e. The van der Waals surface area contributed by atoms with Crippen LogP contribution in [-0.2, 0) is 4.74 Å². The van der Waals surface area contributed by atoms with Crippen molar-refractivity contribution in [1.82, 2.24) is 19.9 Å². The van der Waals surface area contributed by atoms with E-state index in [1.807, 2.05) is 30.6 Å². The van der Waals surface area contributed by atoms with E-state index in [0.29, 0.717) is 17.7 Å². The quantitative estimate of drug-likeness (QED) is 0.441. The average molecular weight is 456 g/mol. The summed E-state index contributed by atoms with van der Waals surface area (Å²) in [5.74, 6) is -0.151. The van der Waals surface area contributed by atoms with Gasteiger partial charge in [-0.15, -0.1) is 0 Å². The van der Waals surface area contributed by atoms with E-state index in [2.05, 4.69) is 15.0 Å². The van der Waals surface area contributed by atoms with Crippen LogP contribution in [0, 0.1) is 5.82 Å². The largest absolute Gasteiger partial charge is 0.475 e. The second-order valence-corrected chi connectivity index (χ2v) is 9.47. The van der Waals surface area contributed by atoms with Crippen LogP contribution in [-0.4, -0.2) is 62.8 Å². The highest BCUT2D eigenvalue weighted by Gasteiger charge is 2.51. The van der Waals surface area contributed by atoms with E-state index in [1.165, 1.54) is 0 Å². The van der Waals surface area contributed by atoms with Crippen molar-refractivity contribution in [3.63, 3.8) is 0 Å². The molecule has 0 saturated carbocycles. The van der Waals surface area contributed by atoms with Gasteiger partial charge in [-0.2, -0.15) is 9.97 Å². The molecule has 0 aromatic carbocycles. The van der Waals surface area contributed by atoms with Crippen LogP contribution in [0.5, 0.6) is 5.88 Å². The Labute approximate surface area is 182 Å². The Morgan fingerprint density at radius 1 is 1.20 bits per heavy atom. The van der Waals surface area contributed by atoms with Crippen molar-refractivity contribution in [3.8, 4) is 5.88 Å². The van der Waals surface area contributed by atoms with Crippen LogP contribution in [0.4, 0.5) is 15.0 Å². The molecule has 0 unspecified atom stereocenters. The van der Waals surface area contributed by atoms with Gasteiger partial charge in [-0.1, -0.05) is 11.6 Å². The van der Waals surface area contributed by atoms with Gasteiger partial charge in [-0.25, -0.2) is 14.2 Å². The molecular weight excluding hydrogens is 436 g/mol. The average Bonchev–Trinajstić information content (AvgIpc) is 2.89. The van der Waals surface area contributed by atoms with Crippen molar-refractivity contribution >= 4 is 46.0 Å². The van der Waals surface area contributed by atoms with Crippen molar-refractivity contribution in [2.45, 2.75) is 57.3 Å². The Morgan fingerprint density at radius 2 is 1.97 bits per heavy atom. The van der Waals surface area contributed by atoms with Gasteiger partial charge in [-0.3, -0.25) is 4.90 Å². The predicted molar refractivity (Wildman–Crippen MR) is 109 cm³/mol. The lowest BCUT2D eigenvalue weighted by Crippen LogP contribution is -2.63. The standard InChI is InChI=1S/C19H20Cl2FN5O3/c1-19(2,3)30-18(28)27-8-4-5-9(27)10-7-29-16-11-13(12(22)14(20)24-16)23-17(21)25-15(11)26(10)6-8/h8-10H,4-7H2,1-3H3/t8-,9+,10-/m0/s1. The van der Waals surface area contributed by atoms with E-state index in [-0.39, 0.29) is 52.7 Å². The minimum absolute atomic E-state index is 0.0254. The lowest BCUT2D eigenvalue weighted by molar-refractivity contribution is 0.00540. The summed E-state index contributed by atoms with van der Waals surface area (Å²) in [4.78, 5) is 29.2.